The van der Waals surface area contributed by atoms with Crippen molar-refractivity contribution in [2.75, 3.05) is 6.54 Å². The van der Waals surface area contributed by atoms with Gasteiger partial charge in [0, 0.05) is 12.1 Å². The van der Waals surface area contributed by atoms with Crippen LogP contribution in [0.5, 0.6) is 0 Å². The molecule has 204 valence electrons. The summed E-state index contributed by atoms with van der Waals surface area (Å²) in [4.78, 5) is 35.3. The zero-order valence-corrected chi connectivity index (χ0v) is 23.6. The van der Waals surface area contributed by atoms with E-state index in [4.69, 9.17) is 4.98 Å². The van der Waals surface area contributed by atoms with Crippen LogP contribution in [0, 0.1) is 36.0 Å². The van der Waals surface area contributed by atoms with Gasteiger partial charge in [-0.25, -0.2) is 9.78 Å². The first-order valence-electron chi connectivity index (χ1n) is 14.9. The minimum Gasteiger partial charge on any atom is -0.332 e. The molecular formula is C33H40N4O2. The summed E-state index contributed by atoms with van der Waals surface area (Å²) < 4.78 is 1.74. The SMILES string of the molecule is Cc1ccccc1-n1c(C(C)N(CC(C)C)C(=O)NC23CC4C[C@H]5CC(C2)C3(C4)C5)nc2ccccc2c1=O. The van der Waals surface area contributed by atoms with Crippen LogP contribution in [-0.2, 0) is 0 Å². The molecule has 0 aliphatic heterocycles. The number of aryl methyl sites for hydroxylation is 1. The molecule has 1 spiro atoms. The Morgan fingerprint density at radius 1 is 1.03 bits per heavy atom. The summed E-state index contributed by atoms with van der Waals surface area (Å²) in [6, 6.07) is 15.1. The van der Waals surface area contributed by atoms with E-state index in [2.05, 4.69) is 19.2 Å². The van der Waals surface area contributed by atoms with Gasteiger partial charge in [-0.3, -0.25) is 9.36 Å². The number of carbonyl (C=O) groups is 1. The van der Waals surface area contributed by atoms with E-state index in [0.29, 0.717) is 28.7 Å². The monoisotopic (exact) mass is 524 g/mol. The molecule has 0 radical (unpaired) electrons. The molecule has 1 N–H and O–H groups in total. The maximum atomic E-state index is 14.3. The van der Waals surface area contributed by atoms with Gasteiger partial charge in [0.2, 0.25) is 0 Å². The van der Waals surface area contributed by atoms with Crippen molar-refractivity contribution in [1.82, 2.24) is 19.8 Å². The second-order valence-corrected chi connectivity index (χ2v) is 13.5. The zero-order chi connectivity index (χ0) is 27.1. The van der Waals surface area contributed by atoms with Crippen molar-refractivity contribution in [3.63, 3.8) is 0 Å². The predicted octanol–water partition coefficient (Wildman–Crippen LogP) is 6.39. The Hall–Kier alpha value is -3.15. The number of rotatable bonds is 6. The maximum absolute atomic E-state index is 14.3. The Labute approximate surface area is 230 Å². The number of para-hydroxylation sites is 2. The fraction of sp³-hybridized carbons (Fsp3) is 0.545. The van der Waals surface area contributed by atoms with Gasteiger partial charge in [-0.1, -0.05) is 44.2 Å². The number of aromatic nitrogens is 2. The molecule has 0 saturated heterocycles. The first-order valence-corrected chi connectivity index (χ1v) is 14.9. The van der Waals surface area contributed by atoms with Crippen LogP contribution in [0.4, 0.5) is 4.79 Å². The fourth-order valence-corrected chi connectivity index (χ4v) is 9.31. The second kappa shape index (κ2) is 8.67. The Balaban J connectivity index is 1.30. The van der Waals surface area contributed by atoms with Crippen molar-refractivity contribution in [1.29, 1.82) is 0 Å². The molecule has 4 aliphatic rings. The van der Waals surface area contributed by atoms with Gasteiger partial charge < -0.3 is 10.2 Å². The molecule has 2 amide bonds. The second-order valence-electron chi connectivity index (χ2n) is 13.5. The number of hydrogen-bond donors (Lipinski definition) is 1. The van der Waals surface area contributed by atoms with Crippen molar-refractivity contribution in [3.8, 4) is 5.69 Å². The van der Waals surface area contributed by atoms with Crippen LogP contribution in [-0.4, -0.2) is 32.6 Å². The van der Waals surface area contributed by atoms with Crippen LogP contribution in [0.25, 0.3) is 16.6 Å². The van der Waals surface area contributed by atoms with Gasteiger partial charge in [-0.15, -0.1) is 0 Å². The van der Waals surface area contributed by atoms with Gasteiger partial charge >= 0.3 is 6.03 Å². The Morgan fingerprint density at radius 3 is 2.56 bits per heavy atom. The lowest BCUT2D eigenvalue weighted by molar-refractivity contribution is -0.0490. The number of benzene rings is 2. The zero-order valence-electron chi connectivity index (χ0n) is 23.6. The van der Waals surface area contributed by atoms with Crippen LogP contribution in [0.15, 0.2) is 53.3 Å². The Kier molecular flexibility index (Phi) is 5.53. The normalized spacial score (nSPS) is 30.8. The smallest absolute Gasteiger partial charge is 0.318 e. The minimum atomic E-state index is -0.383. The van der Waals surface area contributed by atoms with Crippen molar-refractivity contribution in [2.45, 2.75) is 77.8 Å². The molecule has 6 atom stereocenters. The predicted molar refractivity (Wildman–Crippen MR) is 154 cm³/mol. The average Bonchev–Trinajstić information content (AvgIpc) is 3.22. The van der Waals surface area contributed by atoms with Gasteiger partial charge in [0.15, 0.2) is 0 Å². The Bertz CT molecular complexity index is 1520. The molecule has 3 bridgehead atoms. The molecule has 6 nitrogen and oxygen atoms in total. The quantitative estimate of drug-likeness (QED) is 0.406. The first kappa shape index (κ1) is 24.9. The molecule has 4 fully saturated rings. The van der Waals surface area contributed by atoms with E-state index in [-0.39, 0.29) is 29.1 Å². The third-order valence-electron chi connectivity index (χ3n) is 10.7. The first-order chi connectivity index (χ1) is 18.7. The van der Waals surface area contributed by atoms with E-state index >= 15 is 0 Å². The van der Waals surface area contributed by atoms with Crippen LogP contribution < -0.4 is 10.9 Å². The molecule has 2 aromatic carbocycles. The summed E-state index contributed by atoms with van der Waals surface area (Å²) in [7, 11) is 0. The number of carbonyl (C=O) groups excluding carboxylic acids is 1. The van der Waals surface area contributed by atoms with E-state index in [0.717, 1.165) is 41.8 Å². The van der Waals surface area contributed by atoms with Crippen molar-refractivity contribution in [3.05, 3.63) is 70.3 Å². The highest BCUT2D eigenvalue weighted by molar-refractivity contribution is 5.79. The summed E-state index contributed by atoms with van der Waals surface area (Å²) in [5.74, 6) is 3.31. The molecule has 39 heavy (non-hydrogen) atoms. The van der Waals surface area contributed by atoms with Gasteiger partial charge in [-0.05, 0) is 105 Å². The highest BCUT2D eigenvalue weighted by atomic mass is 16.2. The number of amides is 2. The molecule has 7 rings (SSSR count). The lowest BCUT2D eigenvalue weighted by Crippen LogP contribution is -2.68. The van der Waals surface area contributed by atoms with Crippen molar-refractivity contribution < 1.29 is 4.79 Å². The summed E-state index contributed by atoms with van der Waals surface area (Å²) in [5.41, 5.74) is 2.66. The summed E-state index contributed by atoms with van der Waals surface area (Å²) >= 11 is 0. The maximum Gasteiger partial charge on any atom is 0.318 e. The largest absolute Gasteiger partial charge is 0.332 e. The molecular weight excluding hydrogens is 484 g/mol. The van der Waals surface area contributed by atoms with Crippen molar-refractivity contribution >= 4 is 16.9 Å². The molecule has 3 aromatic rings. The minimum absolute atomic E-state index is 0.00114. The van der Waals surface area contributed by atoms with E-state index in [1.807, 2.05) is 67.3 Å². The molecule has 4 saturated carbocycles. The third-order valence-corrected chi connectivity index (χ3v) is 10.7. The highest BCUT2D eigenvalue weighted by Crippen LogP contribution is 2.77. The standard InChI is InChI=1S/C33H40N4O2/c1-20(2)19-36(31(39)35-33-17-24-13-23-14-25(18-33)32(33,15-23)16-24)22(4)29-34-27-11-7-6-10-26(27)30(38)37(29)28-12-8-5-9-21(28)3/h5-12,20,22-25H,13-19H2,1-4H3,(H,35,39)/t22?,23-,24?,25?,32?,33?/m0/s1. The van der Waals surface area contributed by atoms with E-state index in [9.17, 15) is 9.59 Å². The lowest BCUT2D eigenvalue weighted by atomic mass is 9.51. The van der Waals surface area contributed by atoms with Crippen LogP contribution >= 0.6 is 0 Å². The Morgan fingerprint density at radius 2 is 1.77 bits per heavy atom. The number of urea groups is 1. The van der Waals surface area contributed by atoms with Gasteiger partial charge in [0.05, 0.1) is 22.6 Å². The van der Waals surface area contributed by atoms with Crippen LogP contribution in [0.3, 0.4) is 0 Å². The summed E-state index contributed by atoms with van der Waals surface area (Å²) in [6.07, 6.45) is 7.59. The molecule has 1 heterocycles. The van der Waals surface area contributed by atoms with Gasteiger partial charge in [0.1, 0.15) is 5.82 Å². The number of hydrogen-bond acceptors (Lipinski definition) is 3. The van der Waals surface area contributed by atoms with Crippen molar-refractivity contribution in [2.24, 2.45) is 29.1 Å². The molecule has 5 unspecified atom stereocenters. The lowest BCUT2D eigenvalue weighted by Gasteiger charge is -2.59. The van der Waals surface area contributed by atoms with Crippen LogP contribution in [0.1, 0.15) is 76.7 Å². The average molecular weight is 525 g/mol. The molecule has 1 aromatic heterocycles. The van der Waals surface area contributed by atoms with Gasteiger partial charge in [0.25, 0.3) is 5.56 Å². The van der Waals surface area contributed by atoms with E-state index < -0.39 is 0 Å². The highest BCUT2D eigenvalue weighted by Gasteiger charge is 2.75. The molecule has 4 aliphatic carbocycles. The van der Waals surface area contributed by atoms with E-state index in [1.54, 1.807) is 4.57 Å². The van der Waals surface area contributed by atoms with Crippen LogP contribution in [0.2, 0.25) is 0 Å². The van der Waals surface area contributed by atoms with Gasteiger partial charge in [-0.2, -0.15) is 0 Å². The number of fused-ring (bicyclic) bond motifs is 3. The third kappa shape index (κ3) is 3.56. The topological polar surface area (TPSA) is 67.2 Å². The van der Waals surface area contributed by atoms with E-state index in [1.165, 1.54) is 25.7 Å². The summed E-state index contributed by atoms with van der Waals surface area (Å²) in [5, 5.41) is 4.25. The molecule has 6 heteroatoms. The number of nitrogens with zero attached hydrogens (tertiary/aromatic N) is 3. The number of nitrogens with one attached hydrogen (secondary N) is 1. The fourth-order valence-electron chi connectivity index (χ4n) is 9.31. The summed E-state index contributed by atoms with van der Waals surface area (Å²) in [6.45, 7) is 8.95.